The van der Waals surface area contributed by atoms with E-state index in [0.29, 0.717) is 0 Å². The van der Waals surface area contributed by atoms with E-state index in [1.54, 1.807) is 6.20 Å². The molecular formula is C13H15N3. The second-order valence-electron chi connectivity index (χ2n) is 4.30. The fraction of sp³-hybridized carbons (Fsp3) is 0.308. The van der Waals surface area contributed by atoms with Crippen molar-refractivity contribution in [1.82, 2.24) is 4.98 Å². The Kier molecular flexibility index (Phi) is 2.17. The number of nitrogens with two attached hydrogens (primary N) is 1. The molecule has 0 spiro atoms. The van der Waals surface area contributed by atoms with E-state index in [2.05, 4.69) is 28.1 Å². The molecule has 82 valence electrons. The van der Waals surface area contributed by atoms with E-state index in [4.69, 9.17) is 5.73 Å². The fourth-order valence-electron chi connectivity index (χ4n) is 2.33. The smallest absolute Gasteiger partial charge is 0.0724 e. The van der Waals surface area contributed by atoms with E-state index in [1.807, 2.05) is 6.07 Å². The Hall–Kier alpha value is -1.77. The molecule has 2 heterocycles. The number of hydrogen-bond donors (Lipinski definition) is 1. The molecule has 1 aliphatic rings. The van der Waals surface area contributed by atoms with Crippen molar-refractivity contribution in [3.05, 3.63) is 30.5 Å². The van der Waals surface area contributed by atoms with Gasteiger partial charge in [-0.15, -0.1) is 0 Å². The zero-order valence-electron chi connectivity index (χ0n) is 9.19. The van der Waals surface area contributed by atoms with Gasteiger partial charge in [0.05, 0.1) is 5.52 Å². The predicted octanol–water partition coefficient (Wildman–Crippen LogP) is 2.42. The Morgan fingerprint density at radius 2 is 1.94 bits per heavy atom. The molecule has 2 aromatic rings. The maximum Gasteiger partial charge on any atom is 0.0724 e. The molecule has 0 saturated carbocycles. The Morgan fingerprint density at radius 1 is 1.12 bits per heavy atom. The lowest BCUT2D eigenvalue weighted by atomic mass is 10.1. The molecular weight excluding hydrogens is 198 g/mol. The summed E-state index contributed by atoms with van der Waals surface area (Å²) in [5.74, 6) is 0. The third-order valence-electron chi connectivity index (χ3n) is 3.23. The number of nitrogen functional groups attached to an aromatic ring is 1. The van der Waals surface area contributed by atoms with Crippen molar-refractivity contribution in [2.75, 3.05) is 23.7 Å². The standard InChI is InChI=1S/C13H15N3/c14-12-5-6-15-13-4-3-10(9-11(12)13)16-7-1-2-8-16/h3-6,9H,1-2,7-8H2,(H2,14,15). The summed E-state index contributed by atoms with van der Waals surface area (Å²) in [7, 11) is 0. The van der Waals surface area contributed by atoms with Gasteiger partial charge in [0.15, 0.2) is 0 Å². The van der Waals surface area contributed by atoms with Gasteiger partial charge in [-0.3, -0.25) is 4.98 Å². The van der Waals surface area contributed by atoms with Gasteiger partial charge in [0, 0.05) is 36.0 Å². The van der Waals surface area contributed by atoms with E-state index in [1.165, 1.54) is 18.5 Å². The van der Waals surface area contributed by atoms with Crippen LogP contribution in [-0.4, -0.2) is 18.1 Å². The van der Waals surface area contributed by atoms with Gasteiger partial charge in [0.1, 0.15) is 0 Å². The quantitative estimate of drug-likeness (QED) is 0.791. The van der Waals surface area contributed by atoms with Crippen molar-refractivity contribution in [3.8, 4) is 0 Å². The lowest BCUT2D eigenvalue weighted by molar-refractivity contribution is 0.949. The van der Waals surface area contributed by atoms with Gasteiger partial charge < -0.3 is 10.6 Å². The average molecular weight is 213 g/mol. The zero-order chi connectivity index (χ0) is 11.0. The topological polar surface area (TPSA) is 42.1 Å². The number of benzene rings is 1. The molecule has 16 heavy (non-hydrogen) atoms. The summed E-state index contributed by atoms with van der Waals surface area (Å²) >= 11 is 0. The number of rotatable bonds is 1. The van der Waals surface area contributed by atoms with Crippen LogP contribution >= 0.6 is 0 Å². The zero-order valence-corrected chi connectivity index (χ0v) is 9.19. The van der Waals surface area contributed by atoms with Gasteiger partial charge >= 0.3 is 0 Å². The summed E-state index contributed by atoms with van der Waals surface area (Å²) in [5, 5.41) is 1.06. The van der Waals surface area contributed by atoms with E-state index in [9.17, 15) is 0 Å². The predicted molar refractivity (Wildman–Crippen MR) is 67.6 cm³/mol. The first kappa shape index (κ1) is 9.46. The summed E-state index contributed by atoms with van der Waals surface area (Å²) in [4.78, 5) is 6.72. The Labute approximate surface area is 94.9 Å². The molecule has 3 heteroatoms. The molecule has 1 aliphatic heterocycles. The molecule has 0 atom stereocenters. The van der Waals surface area contributed by atoms with Gasteiger partial charge in [-0.05, 0) is 37.1 Å². The van der Waals surface area contributed by atoms with E-state index in [0.717, 1.165) is 29.7 Å². The first-order valence-corrected chi connectivity index (χ1v) is 5.74. The number of nitrogens with zero attached hydrogens (tertiary/aromatic N) is 2. The van der Waals surface area contributed by atoms with Gasteiger partial charge in [-0.25, -0.2) is 0 Å². The van der Waals surface area contributed by atoms with Gasteiger partial charge in [-0.1, -0.05) is 0 Å². The van der Waals surface area contributed by atoms with Crippen LogP contribution in [0, 0.1) is 0 Å². The second kappa shape index (κ2) is 3.67. The Morgan fingerprint density at radius 3 is 2.75 bits per heavy atom. The number of pyridine rings is 1. The molecule has 1 saturated heterocycles. The second-order valence-corrected chi connectivity index (χ2v) is 4.30. The molecule has 0 bridgehead atoms. The van der Waals surface area contributed by atoms with Gasteiger partial charge in [0.2, 0.25) is 0 Å². The van der Waals surface area contributed by atoms with Crippen molar-refractivity contribution < 1.29 is 0 Å². The van der Waals surface area contributed by atoms with Crippen LogP contribution in [0.15, 0.2) is 30.5 Å². The van der Waals surface area contributed by atoms with Crippen molar-refractivity contribution in [2.24, 2.45) is 0 Å². The van der Waals surface area contributed by atoms with E-state index in [-0.39, 0.29) is 0 Å². The van der Waals surface area contributed by atoms with Crippen LogP contribution in [0.3, 0.4) is 0 Å². The molecule has 0 radical (unpaired) electrons. The monoisotopic (exact) mass is 213 g/mol. The molecule has 1 aromatic heterocycles. The van der Waals surface area contributed by atoms with Gasteiger partial charge in [0.25, 0.3) is 0 Å². The first-order chi connectivity index (χ1) is 7.84. The highest BCUT2D eigenvalue weighted by molar-refractivity contribution is 5.92. The van der Waals surface area contributed by atoms with Crippen LogP contribution in [0.25, 0.3) is 10.9 Å². The average Bonchev–Trinajstić information content (AvgIpc) is 2.83. The van der Waals surface area contributed by atoms with Gasteiger partial charge in [-0.2, -0.15) is 0 Å². The Bertz CT molecular complexity index is 516. The third-order valence-corrected chi connectivity index (χ3v) is 3.23. The number of hydrogen-bond acceptors (Lipinski definition) is 3. The molecule has 2 N–H and O–H groups in total. The van der Waals surface area contributed by atoms with Crippen LogP contribution in [0.1, 0.15) is 12.8 Å². The van der Waals surface area contributed by atoms with Crippen LogP contribution in [0.4, 0.5) is 11.4 Å². The van der Waals surface area contributed by atoms with Crippen molar-refractivity contribution in [2.45, 2.75) is 12.8 Å². The molecule has 3 nitrogen and oxygen atoms in total. The molecule has 3 rings (SSSR count). The molecule has 0 aliphatic carbocycles. The summed E-state index contributed by atoms with van der Waals surface area (Å²) in [6, 6.07) is 8.21. The highest BCUT2D eigenvalue weighted by Crippen LogP contribution is 2.26. The van der Waals surface area contributed by atoms with E-state index >= 15 is 0 Å². The maximum atomic E-state index is 5.97. The van der Waals surface area contributed by atoms with Crippen LogP contribution in [0.5, 0.6) is 0 Å². The largest absolute Gasteiger partial charge is 0.398 e. The normalized spacial score (nSPS) is 15.9. The summed E-state index contributed by atoms with van der Waals surface area (Å²) in [6.45, 7) is 2.32. The van der Waals surface area contributed by atoms with Crippen LogP contribution < -0.4 is 10.6 Å². The Balaban J connectivity index is 2.10. The van der Waals surface area contributed by atoms with Crippen LogP contribution in [-0.2, 0) is 0 Å². The minimum absolute atomic E-state index is 0.811. The minimum Gasteiger partial charge on any atom is -0.398 e. The summed E-state index contributed by atoms with van der Waals surface area (Å²) in [6.07, 6.45) is 4.34. The molecule has 0 unspecified atom stereocenters. The number of anilines is 2. The third kappa shape index (κ3) is 1.48. The number of fused-ring (bicyclic) bond motifs is 1. The number of aromatic nitrogens is 1. The van der Waals surface area contributed by atoms with Crippen molar-refractivity contribution in [1.29, 1.82) is 0 Å². The fourth-order valence-corrected chi connectivity index (χ4v) is 2.33. The van der Waals surface area contributed by atoms with Crippen molar-refractivity contribution >= 4 is 22.3 Å². The SMILES string of the molecule is Nc1ccnc2ccc(N3CCCC3)cc12. The highest BCUT2D eigenvalue weighted by atomic mass is 15.1. The molecule has 1 aromatic carbocycles. The molecule has 0 amide bonds. The maximum absolute atomic E-state index is 5.97. The lowest BCUT2D eigenvalue weighted by Gasteiger charge is -2.18. The van der Waals surface area contributed by atoms with Crippen LogP contribution in [0.2, 0.25) is 0 Å². The van der Waals surface area contributed by atoms with E-state index < -0.39 is 0 Å². The highest BCUT2D eigenvalue weighted by Gasteiger charge is 2.12. The van der Waals surface area contributed by atoms with Crippen molar-refractivity contribution in [3.63, 3.8) is 0 Å². The molecule has 1 fully saturated rings. The summed E-state index contributed by atoms with van der Waals surface area (Å²) in [5.41, 5.74) is 9.02. The minimum atomic E-state index is 0.811. The summed E-state index contributed by atoms with van der Waals surface area (Å²) < 4.78 is 0. The first-order valence-electron chi connectivity index (χ1n) is 5.74. The lowest BCUT2D eigenvalue weighted by Crippen LogP contribution is -2.17.